The number of nitrogens with zero attached hydrogens (tertiary/aromatic N) is 1. The van der Waals surface area contributed by atoms with Crippen LogP contribution in [-0.4, -0.2) is 65.5 Å². The van der Waals surface area contributed by atoms with Crippen LogP contribution in [0.5, 0.6) is 0 Å². The number of aliphatic hydroxyl groups excluding tert-OH is 1. The quantitative estimate of drug-likeness (QED) is 0.312. The molecule has 0 saturated carbocycles. The van der Waals surface area contributed by atoms with Gasteiger partial charge in [-0.2, -0.15) is 0 Å². The maximum atomic E-state index is 13.4. The van der Waals surface area contributed by atoms with Crippen molar-refractivity contribution in [1.29, 1.82) is 0 Å². The van der Waals surface area contributed by atoms with Gasteiger partial charge >= 0.3 is 0 Å². The van der Waals surface area contributed by atoms with Crippen molar-refractivity contribution in [3.8, 4) is 0 Å². The summed E-state index contributed by atoms with van der Waals surface area (Å²) in [6.45, 7) is 3.04. The average Bonchev–Trinajstić information content (AvgIpc) is 2.90. The number of fused-ring (bicyclic) bond motifs is 1. The van der Waals surface area contributed by atoms with Crippen LogP contribution in [0.1, 0.15) is 29.8 Å². The Labute approximate surface area is 227 Å². The predicted molar refractivity (Wildman–Crippen MR) is 147 cm³/mol. The zero-order valence-electron chi connectivity index (χ0n) is 21.6. The smallest absolute Gasteiger partial charge is 0.254 e. The summed E-state index contributed by atoms with van der Waals surface area (Å²) in [5.41, 5.74) is 5.15. The number of nitrogens with two attached hydrogens (primary N) is 1. The zero-order chi connectivity index (χ0) is 27.2. The molecule has 5 N–H and O–H groups in total. The van der Waals surface area contributed by atoms with Crippen molar-refractivity contribution in [3.63, 3.8) is 0 Å². The Bertz CT molecular complexity index is 1270. The monoisotopic (exact) mass is 544 g/mol. The molecule has 0 radical (unpaired) electrons. The van der Waals surface area contributed by atoms with Gasteiger partial charge in [-0.15, -0.1) is 12.4 Å². The van der Waals surface area contributed by atoms with Gasteiger partial charge < -0.3 is 26.4 Å². The normalized spacial score (nSPS) is 12.7. The summed E-state index contributed by atoms with van der Waals surface area (Å²) >= 11 is 0. The Morgan fingerprint density at radius 2 is 1.66 bits per heavy atom. The van der Waals surface area contributed by atoms with E-state index in [9.17, 15) is 23.9 Å². The molecule has 0 saturated heterocycles. The van der Waals surface area contributed by atoms with Crippen LogP contribution in [0.4, 0.5) is 4.39 Å². The van der Waals surface area contributed by atoms with E-state index in [1.165, 1.54) is 36.2 Å². The second-order valence-electron chi connectivity index (χ2n) is 9.48. The molecular formula is C28H34ClFN4O4. The first-order valence-electron chi connectivity index (χ1n) is 12.0. The summed E-state index contributed by atoms with van der Waals surface area (Å²) in [4.78, 5) is 40.7. The van der Waals surface area contributed by atoms with Crippen LogP contribution in [0.25, 0.3) is 10.8 Å². The molecule has 2 atom stereocenters. The minimum atomic E-state index is -1.34. The van der Waals surface area contributed by atoms with Crippen LogP contribution in [-0.2, 0) is 16.0 Å². The number of halogens is 2. The van der Waals surface area contributed by atoms with Crippen molar-refractivity contribution in [2.45, 2.75) is 38.0 Å². The summed E-state index contributed by atoms with van der Waals surface area (Å²) in [5, 5.41) is 17.2. The summed E-state index contributed by atoms with van der Waals surface area (Å²) < 4.78 is 13.3. The average molecular weight is 545 g/mol. The van der Waals surface area contributed by atoms with E-state index in [-0.39, 0.29) is 37.5 Å². The number of benzene rings is 3. The number of hydrogen-bond acceptors (Lipinski definition) is 5. The maximum Gasteiger partial charge on any atom is 0.254 e. The van der Waals surface area contributed by atoms with Crippen LogP contribution in [0, 0.1) is 5.82 Å². The van der Waals surface area contributed by atoms with Gasteiger partial charge in [-0.3, -0.25) is 14.4 Å². The third-order valence-electron chi connectivity index (χ3n) is 6.45. The minimum Gasteiger partial charge on any atom is -0.390 e. The number of amides is 3. The molecule has 0 aliphatic rings. The van der Waals surface area contributed by atoms with E-state index in [1.54, 1.807) is 13.8 Å². The molecule has 38 heavy (non-hydrogen) atoms. The van der Waals surface area contributed by atoms with Crippen molar-refractivity contribution in [1.82, 2.24) is 15.5 Å². The predicted octanol–water partition coefficient (Wildman–Crippen LogP) is 2.41. The number of carbonyl (C=O) groups excluding carboxylic acids is 3. The number of nitrogens with one attached hydrogen (secondary N) is 2. The Morgan fingerprint density at radius 3 is 2.29 bits per heavy atom. The van der Waals surface area contributed by atoms with Crippen molar-refractivity contribution in [2.75, 3.05) is 20.1 Å². The molecule has 3 aromatic carbocycles. The largest absolute Gasteiger partial charge is 0.390 e. The highest BCUT2D eigenvalue weighted by atomic mass is 35.5. The number of rotatable bonds is 10. The summed E-state index contributed by atoms with van der Waals surface area (Å²) in [6.07, 6.45) is -0.732. The number of carbonyl (C=O) groups is 3. The van der Waals surface area contributed by atoms with Crippen molar-refractivity contribution in [3.05, 3.63) is 83.7 Å². The first-order valence-corrected chi connectivity index (χ1v) is 12.0. The third kappa shape index (κ3) is 7.50. The standard InChI is InChI=1S/C28H33FN4O4.ClH/c1-28(2,33(3)26(36)20-10-12-22(29)13-11-20)27(37)32-24(25(35)31-17-23(34)16-30)15-18-8-9-19-6-4-5-7-21(19)14-18;/h4-14,23-24,34H,15-17,30H2,1-3H3,(H,31,35)(H,32,37);1H/t23?,24-;/m1./s1. The molecule has 10 heteroatoms. The molecule has 8 nitrogen and oxygen atoms in total. The Balaban J connectivity index is 0.00000507. The topological polar surface area (TPSA) is 125 Å². The fraction of sp³-hybridized carbons (Fsp3) is 0.321. The summed E-state index contributed by atoms with van der Waals surface area (Å²) in [7, 11) is 1.47. The van der Waals surface area contributed by atoms with Gasteiger partial charge in [0.15, 0.2) is 0 Å². The van der Waals surface area contributed by atoms with Crippen LogP contribution in [0.15, 0.2) is 66.7 Å². The SMILES string of the molecule is CN(C(=O)c1ccc(F)cc1)C(C)(C)C(=O)N[C@H](Cc1ccc2ccccc2c1)C(=O)NCC(O)CN.Cl. The van der Waals surface area contributed by atoms with Crippen LogP contribution in [0.3, 0.4) is 0 Å². The van der Waals surface area contributed by atoms with Gasteiger partial charge in [-0.05, 0) is 54.4 Å². The molecule has 3 aromatic rings. The second-order valence-corrected chi connectivity index (χ2v) is 9.48. The fourth-order valence-corrected chi connectivity index (χ4v) is 3.76. The number of aliphatic hydroxyl groups is 1. The number of hydrogen-bond donors (Lipinski definition) is 4. The lowest BCUT2D eigenvalue weighted by Gasteiger charge is -2.35. The maximum absolute atomic E-state index is 13.4. The summed E-state index contributed by atoms with van der Waals surface area (Å²) in [5.74, 6) is -1.98. The van der Waals surface area contributed by atoms with Gasteiger partial charge in [0, 0.05) is 32.1 Å². The fourth-order valence-electron chi connectivity index (χ4n) is 3.76. The van der Waals surface area contributed by atoms with Crippen molar-refractivity contribution < 1.29 is 23.9 Å². The lowest BCUT2D eigenvalue weighted by molar-refractivity contribution is -0.134. The molecule has 1 unspecified atom stereocenters. The Hall–Kier alpha value is -3.53. The Morgan fingerprint density at radius 1 is 1.03 bits per heavy atom. The Kier molecular flexibility index (Phi) is 10.8. The van der Waals surface area contributed by atoms with Gasteiger partial charge in [0.25, 0.3) is 5.91 Å². The van der Waals surface area contributed by atoms with E-state index in [0.29, 0.717) is 0 Å². The molecule has 0 fully saturated rings. The molecule has 0 heterocycles. The highest BCUT2D eigenvalue weighted by Crippen LogP contribution is 2.19. The molecule has 3 rings (SSSR count). The van der Waals surface area contributed by atoms with E-state index < -0.39 is 41.2 Å². The van der Waals surface area contributed by atoms with E-state index in [4.69, 9.17) is 5.73 Å². The van der Waals surface area contributed by atoms with Crippen molar-refractivity contribution >= 4 is 40.9 Å². The van der Waals surface area contributed by atoms with E-state index in [0.717, 1.165) is 16.3 Å². The zero-order valence-corrected chi connectivity index (χ0v) is 22.4. The van der Waals surface area contributed by atoms with Gasteiger partial charge in [-0.25, -0.2) is 4.39 Å². The first-order chi connectivity index (χ1) is 17.5. The molecule has 0 bridgehead atoms. The van der Waals surface area contributed by atoms with Crippen LogP contribution < -0.4 is 16.4 Å². The van der Waals surface area contributed by atoms with E-state index >= 15 is 0 Å². The molecule has 0 aromatic heterocycles. The second kappa shape index (κ2) is 13.3. The van der Waals surface area contributed by atoms with Crippen molar-refractivity contribution in [2.24, 2.45) is 5.73 Å². The lowest BCUT2D eigenvalue weighted by atomic mass is 9.97. The van der Waals surface area contributed by atoms with Crippen LogP contribution in [0.2, 0.25) is 0 Å². The molecular weight excluding hydrogens is 511 g/mol. The molecule has 0 aliphatic carbocycles. The molecule has 3 amide bonds. The minimum absolute atomic E-state index is 0. The highest BCUT2D eigenvalue weighted by Gasteiger charge is 2.37. The molecule has 0 aliphatic heterocycles. The first kappa shape index (κ1) is 30.7. The number of likely N-dealkylation sites (N-methyl/N-ethyl adjacent to an activating group) is 1. The molecule has 204 valence electrons. The van der Waals surface area contributed by atoms with Gasteiger partial charge in [0.2, 0.25) is 11.8 Å². The van der Waals surface area contributed by atoms with Crippen LogP contribution >= 0.6 is 12.4 Å². The van der Waals surface area contributed by atoms with E-state index in [1.807, 2.05) is 42.5 Å². The summed E-state index contributed by atoms with van der Waals surface area (Å²) in [6, 6.07) is 17.6. The van der Waals surface area contributed by atoms with Gasteiger partial charge in [-0.1, -0.05) is 42.5 Å². The highest BCUT2D eigenvalue weighted by molar-refractivity contribution is 5.99. The molecule has 0 spiro atoms. The lowest BCUT2D eigenvalue weighted by Crippen LogP contribution is -2.60. The van der Waals surface area contributed by atoms with Gasteiger partial charge in [0.1, 0.15) is 17.4 Å². The van der Waals surface area contributed by atoms with E-state index in [2.05, 4.69) is 10.6 Å². The van der Waals surface area contributed by atoms with Gasteiger partial charge in [0.05, 0.1) is 6.10 Å². The third-order valence-corrected chi connectivity index (χ3v) is 6.45.